The molecule has 0 spiro atoms. The first-order valence-electron chi connectivity index (χ1n) is 40.2. The molecular formula is C65H79N27O39P6S. The van der Waals surface area contributed by atoms with E-state index in [9.17, 15) is 102 Å². The first-order chi connectivity index (χ1) is 65.4. The van der Waals surface area contributed by atoms with Crippen LogP contribution in [0.3, 0.4) is 0 Å². The molecule has 138 heavy (non-hydrogen) atoms. The van der Waals surface area contributed by atoms with Gasteiger partial charge in [0, 0.05) is 24.3 Å². The molecule has 66 nitrogen and oxygen atoms in total. The topological polar surface area (TPSA) is 923 Å². The number of phosphoric ester groups is 3. The van der Waals surface area contributed by atoms with Crippen LogP contribution < -0.4 is 44.9 Å². The summed E-state index contributed by atoms with van der Waals surface area (Å²) in [5.74, 6) is -0.521. The Morgan fingerprint density at radius 3 is 1.05 bits per heavy atom. The predicted molar refractivity (Wildman–Crippen MR) is 452 cm³/mol. The Bertz CT molecular complexity index is 6940. The minimum Gasteiger partial charge on any atom is -0.386 e. The van der Waals surface area contributed by atoms with E-state index in [0.29, 0.717) is 22.4 Å². The average molecular weight is 2080 g/mol. The van der Waals surface area contributed by atoms with E-state index < -0.39 is 250 Å². The quantitative estimate of drug-likeness (QED) is 0.0511. The number of phosphoric acid groups is 3. The van der Waals surface area contributed by atoms with Crippen LogP contribution in [0, 0.1) is 6.92 Å². The van der Waals surface area contributed by atoms with E-state index in [-0.39, 0.29) is 79.8 Å². The molecule has 12 aromatic heterocycles. The van der Waals surface area contributed by atoms with Crippen molar-refractivity contribution in [2.24, 2.45) is 0 Å². The van der Waals surface area contributed by atoms with Crippen LogP contribution in [0.2, 0.25) is 0 Å². The average Bonchev–Trinajstić information content (AvgIpc) is 1.63. The summed E-state index contributed by atoms with van der Waals surface area (Å²) in [6.45, 7) is -0.837. The van der Waals surface area contributed by atoms with Gasteiger partial charge in [-0.25, -0.2) is 63.5 Å². The van der Waals surface area contributed by atoms with Gasteiger partial charge >= 0.3 is 46.3 Å². The summed E-state index contributed by atoms with van der Waals surface area (Å²) in [5.41, 5.74) is 22.4. The Kier molecular flexibility index (Phi) is 26.1. The molecule has 21 rings (SSSR count). The number of rotatable bonds is 8. The standard InChI is InChI=1S/C22H27N9O13P2.C22H26N8O13P2S.C21H26N10O13P2/c1-24-8-2-3-25-16-10(8)26-5-30(16)19-12(32)14-9(41-19)4-40-46(37,38)44-15-13(33)21(39-7-45(35,36)43-14)42-20(15)31-6-27-11-17(31)28-22(23)29-18(11)34;1-46-9-2-3-24-16-10(9)25-5-29(16)19-12(31)14-8(40-19)4-39-45(36,37)43-15-13(32)21(38-7-44(34,35)42-14)41-20(15)30-6-26-11-17(30)27-22(23)28-18(11)33;1-6-26-14(22)8-15(27-6)30(3-24-8)18-10(32)12-7(41-18)2-40-46(37,38)44-13-11(33)20(39-5-45(35,36)43-12)42-19(13)31-4-25-9-16(31)28-21(23)29-17(9)34/h2-3,5-6,9,12-15,19-21,32-33H,4,7H2,1H3,(H,24,25)(H,35,36)(H,37,38)(H3,23,28,29,34);2-3,5-6,8,12-15,19-21,31-32H,4,7H2,1H3,(H,34,35)(H,36,37)(H3,23,27,28,33);3-4,7,10-13,18-20,32-33H,2,5H2,1H3,(H,35,36)(H,37,38)(H2,22,26,27)(H3,23,28,29,34)/t9-,12?,13-,14+,15?,19-,20-,21+;8-,12?,13-,14+,15?,19-,20-,21+;7-,10?,11-,12+,13?,18-,19-,20+/m111/s1. The lowest BCUT2D eigenvalue weighted by Crippen LogP contribution is -2.36. The van der Waals surface area contributed by atoms with E-state index in [1.54, 1.807) is 26.1 Å². The number of nitrogen functional groups attached to an aromatic ring is 4. The summed E-state index contributed by atoms with van der Waals surface area (Å²) in [7, 11) is -28.0. The number of H-pyrrole nitrogens is 3. The zero-order valence-electron chi connectivity index (χ0n) is 70.2. The lowest BCUT2D eigenvalue weighted by atomic mass is 10.1. The molecule has 0 amide bonds. The smallest absolute Gasteiger partial charge is 0.386 e. The molecule has 12 aromatic rings. The van der Waals surface area contributed by atoms with Crippen LogP contribution in [-0.2, 0) is 111 Å². The first kappa shape index (κ1) is 97.2. The normalized spacial score (nSPS) is 37.1. The van der Waals surface area contributed by atoms with E-state index in [2.05, 4.69) is 85.1 Å². The van der Waals surface area contributed by atoms with Gasteiger partial charge in [0.15, 0.2) is 132 Å². The summed E-state index contributed by atoms with van der Waals surface area (Å²) >= 11 is 1.42. The van der Waals surface area contributed by atoms with Gasteiger partial charge in [-0.3, -0.25) is 111 Å². The van der Waals surface area contributed by atoms with Crippen molar-refractivity contribution >= 4 is 154 Å². The molecule has 30 atom stereocenters. The van der Waals surface area contributed by atoms with E-state index in [1.807, 2.05) is 6.26 Å². The number of nitrogens with one attached hydrogen (secondary N) is 4. The van der Waals surface area contributed by atoms with Gasteiger partial charge in [0.2, 0.25) is 17.8 Å². The Morgan fingerprint density at radius 2 is 0.696 bits per heavy atom. The number of nitrogens with zero attached hydrogens (tertiary/aromatic N) is 19. The lowest BCUT2D eigenvalue weighted by molar-refractivity contribution is -0.168. The second-order valence-electron chi connectivity index (χ2n) is 31.4. The maximum Gasteiger partial charge on any atom is 0.472 e. The number of aryl methyl sites for hydroxylation is 1. The van der Waals surface area contributed by atoms with Crippen LogP contribution in [0.15, 0.2) is 81.8 Å². The van der Waals surface area contributed by atoms with Crippen LogP contribution in [0.4, 0.5) is 29.4 Å². The number of aliphatic hydroxyl groups excluding tert-OH is 6. The van der Waals surface area contributed by atoms with Crippen molar-refractivity contribution in [3.63, 3.8) is 0 Å². The van der Waals surface area contributed by atoms with Gasteiger partial charge in [0.05, 0.1) is 63.5 Å². The summed E-state index contributed by atoms with van der Waals surface area (Å²) in [6, 6.07) is 3.43. The van der Waals surface area contributed by atoms with Gasteiger partial charge in [-0.05, 0) is 25.3 Å². The maximum atomic E-state index is 13.2. The number of anilines is 5. The zero-order valence-corrected chi connectivity index (χ0v) is 76.3. The number of fused-ring (bicyclic) bond motifs is 15. The second kappa shape index (κ2) is 37.0. The van der Waals surface area contributed by atoms with Crippen molar-refractivity contribution in [3.8, 4) is 0 Å². The van der Waals surface area contributed by atoms with Crippen molar-refractivity contribution in [1.82, 2.24) is 107 Å². The van der Waals surface area contributed by atoms with Gasteiger partial charge in [0.1, 0.15) is 114 Å². The first-order valence-corrected chi connectivity index (χ1v) is 51.2. The van der Waals surface area contributed by atoms with E-state index in [4.69, 9.17) is 106 Å². The van der Waals surface area contributed by atoms with Crippen LogP contribution in [0.5, 0.6) is 0 Å². The monoisotopic (exact) mass is 2080 g/mol. The van der Waals surface area contributed by atoms with Crippen LogP contribution in [-0.4, -0.2) is 330 Å². The Hall–Kier alpha value is -9.63. The van der Waals surface area contributed by atoms with Crippen molar-refractivity contribution in [3.05, 3.63) is 99.4 Å². The third-order valence-corrected chi connectivity index (χ3v) is 29.3. The molecule has 0 radical (unpaired) electrons. The highest BCUT2D eigenvalue weighted by Gasteiger charge is 2.59. The predicted octanol–water partition coefficient (Wildman–Crippen LogP) is -3.91. The number of thioether (sulfide) groups is 1. The van der Waals surface area contributed by atoms with Crippen LogP contribution in [0.25, 0.3) is 67.0 Å². The SMILES string of the molecule is CNc1ccnc2c1ncn2[C@@H]1O[C@@H]2COP(=O)(O)OC3[C@@H](O)[C@@H](OCP(=O)(O)O[C@@H]2C1O)O[C@H]3n1cnc2c(=O)[nH]c(N)nc21.CSc1ccnc2c1ncn2[C@@H]1O[C@@H]2COP(=O)(O)OC3[C@@H](O)[C@@H](OCP(=O)(O)O[C@@H]2C1O)O[C@H]3n1cnc2c(=O)[nH]c(N)nc21.Cc1nc(N)c2ncn([C@@H]3O[C@@H]4COP(=O)(O)OC5[C@@H](O)[C@@H](OCP(=O)(O)O[C@@H]4C3O)O[C@H]5n3cnc4c(=O)[nH]c(N)nc43)c2n1. The van der Waals surface area contributed by atoms with Crippen LogP contribution >= 0.6 is 58.0 Å². The summed E-state index contributed by atoms with van der Waals surface area (Å²) in [4.78, 5) is 162. The number of aromatic amines is 3. The molecule has 9 aliphatic rings. The van der Waals surface area contributed by atoms with Crippen LogP contribution in [0.1, 0.15) is 43.2 Å². The molecule has 0 aliphatic carbocycles. The second-order valence-corrected chi connectivity index (χ2v) is 41.7. The van der Waals surface area contributed by atoms with Crippen molar-refractivity contribution in [2.45, 2.75) is 160 Å². The fourth-order valence-corrected chi connectivity index (χ4v) is 22.8. The zero-order chi connectivity index (χ0) is 97.8. The Balaban J connectivity index is 0.000000132. The third-order valence-electron chi connectivity index (χ3n) is 22.4. The summed E-state index contributed by atoms with van der Waals surface area (Å²) in [5, 5.41) is 69.6. The number of hydrogen-bond acceptors (Lipinski definition) is 52. The Morgan fingerprint density at radius 1 is 0.384 bits per heavy atom. The number of aliphatic hydroxyl groups is 6. The van der Waals surface area contributed by atoms with Crippen molar-refractivity contribution in [2.75, 3.05) is 80.4 Å². The van der Waals surface area contributed by atoms with Crippen molar-refractivity contribution in [1.29, 1.82) is 0 Å². The molecule has 9 aliphatic heterocycles. The summed E-state index contributed by atoms with van der Waals surface area (Å²) < 4.78 is 185. The minimum atomic E-state index is -5.14. The fraction of sp³-hybridized carbons (Fsp3) is 0.508. The van der Waals surface area contributed by atoms with E-state index in [1.165, 1.54) is 56.8 Å². The molecule has 0 saturated carbocycles. The van der Waals surface area contributed by atoms with Gasteiger partial charge < -0.3 is 131 Å². The number of imidazole rings is 6. The Labute approximate surface area is 768 Å². The maximum absolute atomic E-state index is 13.2. The number of ether oxygens (including phenoxy) is 9. The molecule has 73 heteroatoms. The number of nitrogens with two attached hydrogens (primary N) is 4. The fourth-order valence-electron chi connectivity index (χ4n) is 16.4. The third kappa shape index (κ3) is 18.6. The van der Waals surface area contributed by atoms with Gasteiger partial charge in [-0.1, -0.05) is 0 Å². The minimum absolute atomic E-state index is 0.0540. The molecule has 9 saturated heterocycles. The highest BCUT2D eigenvalue weighted by Crippen LogP contribution is 2.59. The molecule has 12 unspecified atom stereocenters. The molecule has 9 fully saturated rings. The molecule has 6 bridgehead atoms. The molecule has 24 N–H and O–H groups in total. The van der Waals surface area contributed by atoms with E-state index in [0.717, 1.165) is 37.6 Å². The van der Waals surface area contributed by atoms with E-state index >= 15 is 0 Å². The van der Waals surface area contributed by atoms with Crippen molar-refractivity contribution < 1.29 is 171 Å². The van der Waals surface area contributed by atoms with Gasteiger partial charge in [-0.2, -0.15) is 15.0 Å². The molecule has 744 valence electrons. The number of aromatic nitrogens is 22. The lowest BCUT2D eigenvalue weighted by Gasteiger charge is -2.26. The number of hydrogen-bond donors (Lipinski definition) is 20. The van der Waals surface area contributed by atoms with Gasteiger partial charge in [-0.15, -0.1) is 11.8 Å². The highest BCUT2D eigenvalue weighted by atomic mass is 32.2. The van der Waals surface area contributed by atoms with Gasteiger partial charge in [0.25, 0.3) is 16.7 Å². The largest absolute Gasteiger partial charge is 0.472 e. The summed E-state index contributed by atoms with van der Waals surface area (Å²) in [6.07, 6.45) is -29.8. The number of pyridine rings is 2. The highest BCUT2D eigenvalue weighted by molar-refractivity contribution is 7.98. The molecule has 21 heterocycles. The molecule has 0 aromatic carbocycles. The molecular weight excluding hydrogens is 2000 g/mol.